The molecule has 2 rings (SSSR count). The summed E-state index contributed by atoms with van der Waals surface area (Å²) in [4.78, 5) is 4.23. The van der Waals surface area contributed by atoms with Gasteiger partial charge < -0.3 is 5.32 Å². The average molecular weight is 254 g/mol. The summed E-state index contributed by atoms with van der Waals surface area (Å²) in [7, 11) is 0. The number of hydrogen-bond acceptors (Lipinski definition) is 6. The van der Waals surface area contributed by atoms with Crippen LogP contribution in [0.2, 0.25) is 0 Å². The van der Waals surface area contributed by atoms with Crippen LogP contribution < -0.4 is 5.32 Å². The highest BCUT2D eigenvalue weighted by molar-refractivity contribution is 7.15. The van der Waals surface area contributed by atoms with Gasteiger partial charge in [0.1, 0.15) is 10.7 Å². The van der Waals surface area contributed by atoms with E-state index in [2.05, 4.69) is 34.3 Å². The third kappa shape index (κ3) is 2.63. The smallest absolute Gasteiger partial charge is 0.167 e. The van der Waals surface area contributed by atoms with Crippen molar-refractivity contribution in [3.8, 4) is 10.7 Å². The molecule has 6 heteroatoms. The van der Waals surface area contributed by atoms with Crippen LogP contribution in [0.3, 0.4) is 0 Å². The van der Waals surface area contributed by atoms with Crippen molar-refractivity contribution >= 4 is 22.7 Å². The van der Waals surface area contributed by atoms with E-state index in [0.29, 0.717) is 0 Å². The van der Waals surface area contributed by atoms with Crippen molar-refractivity contribution in [3.63, 3.8) is 0 Å². The zero-order valence-corrected chi connectivity index (χ0v) is 10.9. The molecule has 86 valence electrons. The van der Waals surface area contributed by atoms with Gasteiger partial charge in [-0.2, -0.15) is 0 Å². The number of thiazole rings is 1. The first-order chi connectivity index (χ1) is 7.81. The number of rotatable bonds is 5. The van der Waals surface area contributed by atoms with Crippen LogP contribution in [0, 0.1) is 0 Å². The Bertz CT molecular complexity index is 424. The summed E-state index contributed by atoms with van der Waals surface area (Å²) in [5.41, 5.74) is 2.74. The molecule has 16 heavy (non-hydrogen) atoms. The fourth-order valence-electron chi connectivity index (χ4n) is 1.28. The maximum Gasteiger partial charge on any atom is 0.167 e. The zero-order chi connectivity index (χ0) is 11.4. The van der Waals surface area contributed by atoms with Gasteiger partial charge in [-0.3, -0.25) is 0 Å². The molecule has 0 aliphatic rings. The van der Waals surface area contributed by atoms with Crippen LogP contribution >= 0.6 is 22.7 Å². The topological polar surface area (TPSA) is 50.7 Å². The highest BCUT2D eigenvalue weighted by atomic mass is 32.1. The molecule has 2 aromatic heterocycles. The van der Waals surface area contributed by atoms with Gasteiger partial charge in [0.15, 0.2) is 5.01 Å². The van der Waals surface area contributed by atoms with E-state index in [1.165, 1.54) is 0 Å². The van der Waals surface area contributed by atoms with Gasteiger partial charge in [0.25, 0.3) is 0 Å². The minimum absolute atomic E-state index is 0.268. The van der Waals surface area contributed by atoms with E-state index in [-0.39, 0.29) is 6.04 Å². The molecule has 0 bridgehead atoms. The number of aromatic nitrogens is 3. The van der Waals surface area contributed by atoms with Crippen LogP contribution in [0.5, 0.6) is 0 Å². The summed E-state index contributed by atoms with van der Waals surface area (Å²) in [5.74, 6) is 0. The summed E-state index contributed by atoms with van der Waals surface area (Å²) < 4.78 is 0. The second kappa shape index (κ2) is 5.47. The van der Waals surface area contributed by atoms with Gasteiger partial charge in [-0.15, -0.1) is 21.5 Å². The van der Waals surface area contributed by atoms with Gasteiger partial charge >= 0.3 is 0 Å². The van der Waals surface area contributed by atoms with E-state index in [4.69, 9.17) is 0 Å². The summed E-state index contributed by atoms with van der Waals surface area (Å²) >= 11 is 3.19. The van der Waals surface area contributed by atoms with E-state index in [9.17, 15) is 0 Å². The van der Waals surface area contributed by atoms with Crippen LogP contribution in [0.15, 0.2) is 10.9 Å². The first-order valence-electron chi connectivity index (χ1n) is 5.26. The fourth-order valence-corrected chi connectivity index (χ4v) is 2.73. The first kappa shape index (κ1) is 11.6. The molecule has 4 nitrogen and oxygen atoms in total. The van der Waals surface area contributed by atoms with E-state index >= 15 is 0 Å². The molecule has 0 amide bonds. The molecule has 0 fully saturated rings. The monoisotopic (exact) mass is 254 g/mol. The molecule has 0 aliphatic heterocycles. The summed E-state index contributed by atoms with van der Waals surface area (Å²) in [6.07, 6.45) is 1.13. The maximum atomic E-state index is 4.23. The Morgan fingerprint density at radius 3 is 3.00 bits per heavy atom. The molecular weight excluding hydrogens is 240 g/mol. The van der Waals surface area contributed by atoms with Crippen molar-refractivity contribution in [2.75, 3.05) is 6.54 Å². The van der Waals surface area contributed by atoms with Gasteiger partial charge in [0.2, 0.25) is 0 Å². The molecule has 0 saturated carbocycles. The molecule has 1 N–H and O–H groups in total. The molecule has 0 radical (unpaired) electrons. The zero-order valence-electron chi connectivity index (χ0n) is 9.30. The molecule has 0 saturated heterocycles. The lowest BCUT2D eigenvalue weighted by molar-refractivity contribution is 0.564. The van der Waals surface area contributed by atoms with Crippen molar-refractivity contribution in [3.05, 3.63) is 15.9 Å². The molecule has 0 aliphatic carbocycles. The lowest BCUT2D eigenvalue weighted by Crippen LogP contribution is -2.18. The second-order valence-electron chi connectivity index (χ2n) is 3.49. The van der Waals surface area contributed by atoms with Gasteiger partial charge in [-0.05, 0) is 19.9 Å². The lowest BCUT2D eigenvalue weighted by atomic mass is 10.3. The quantitative estimate of drug-likeness (QED) is 0.891. The largest absolute Gasteiger partial charge is 0.308 e. The van der Waals surface area contributed by atoms with Gasteiger partial charge in [-0.25, -0.2) is 4.98 Å². The molecule has 0 spiro atoms. The van der Waals surface area contributed by atoms with Crippen LogP contribution in [-0.4, -0.2) is 21.7 Å². The summed E-state index contributed by atoms with van der Waals surface area (Å²) in [6, 6.07) is 0.268. The number of hydrogen-bond donors (Lipinski definition) is 1. The van der Waals surface area contributed by atoms with Crippen molar-refractivity contribution in [2.45, 2.75) is 26.3 Å². The van der Waals surface area contributed by atoms with Gasteiger partial charge in [-0.1, -0.05) is 18.3 Å². The van der Waals surface area contributed by atoms with Crippen molar-refractivity contribution in [2.24, 2.45) is 0 Å². The van der Waals surface area contributed by atoms with Crippen molar-refractivity contribution in [1.82, 2.24) is 20.5 Å². The Hall–Kier alpha value is -0.850. The van der Waals surface area contributed by atoms with Crippen LogP contribution in [-0.2, 0) is 0 Å². The highest BCUT2D eigenvalue weighted by Gasteiger charge is 2.12. The third-order valence-electron chi connectivity index (χ3n) is 2.16. The maximum absolute atomic E-state index is 4.23. The predicted molar refractivity (Wildman–Crippen MR) is 67.7 cm³/mol. The molecule has 0 aromatic carbocycles. The predicted octanol–water partition coefficient (Wildman–Crippen LogP) is 2.72. The minimum atomic E-state index is 0.268. The van der Waals surface area contributed by atoms with E-state index in [0.717, 1.165) is 28.7 Å². The highest BCUT2D eigenvalue weighted by Crippen LogP contribution is 2.26. The van der Waals surface area contributed by atoms with Crippen LogP contribution in [0.1, 0.15) is 31.3 Å². The first-order valence-corrected chi connectivity index (χ1v) is 7.02. The van der Waals surface area contributed by atoms with Crippen LogP contribution in [0.4, 0.5) is 0 Å². The Morgan fingerprint density at radius 2 is 2.31 bits per heavy atom. The van der Waals surface area contributed by atoms with E-state index in [1.54, 1.807) is 22.7 Å². The molecule has 1 atom stereocenters. The SMILES string of the molecule is CCCNC(C)c1nnc(-c2cscn2)s1. The van der Waals surface area contributed by atoms with E-state index in [1.807, 2.05) is 10.9 Å². The summed E-state index contributed by atoms with van der Waals surface area (Å²) in [5, 5.41) is 15.7. The van der Waals surface area contributed by atoms with Gasteiger partial charge in [0.05, 0.1) is 11.6 Å². The minimum Gasteiger partial charge on any atom is -0.308 e. The number of nitrogens with zero attached hydrogens (tertiary/aromatic N) is 3. The molecular formula is C10H14N4S2. The Labute approximate surface area is 103 Å². The Kier molecular flexibility index (Phi) is 3.98. The average Bonchev–Trinajstić information content (AvgIpc) is 2.94. The third-order valence-corrected chi connectivity index (χ3v) is 3.88. The normalized spacial score (nSPS) is 12.9. The van der Waals surface area contributed by atoms with Crippen LogP contribution in [0.25, 0.3) is 10.7 Å². The Balaban J connectivity index is 2.07. The fraction of sp³-hybridized carbons (Fsp3) is 0.500. The van der Waals surface area contributed by atoms with E-state index < -0.39 is 0 Å². The standard InChI is InChI=1S/C10H14N4S2/c1-3-4-11-7(2)9-13-14-10(16-9)8-5-15-6-12-8/h5-7,11H,3-4H2,1-2H3. The summed E-state index contributed by atoms with van der Waals surface area (Å²) in [6.45, 7) is 5.27. The number of nitrogens with one attached hydrogen (secondary N) is 1. The van der Waals surface area contributed by atoms with Crippen molar-refractivity contribution in [1.29, 1.82) is 0 Å². The Morgan fingerprint density at radius 1 is 1.44 bits per heavy atom. The molecule has 2 heterocycles. The molecule has 2 aromatic rings. The van der Waals surface area contributed by atoms with Gasteiger partial charge in [0, 0.05) is 5.38 Å². The lowest BCUT2D eigenvalue weighted by Gasteiger charge is -2.08. The molecule has 1 unspecified atom stereocenters. The second-order valence-corrected chi connectivity index (χ2v) is 5.22. The van der Waals surface area contributed by atoms with Crippen molar-refractivity contribution < 1.29 is 0 Å².